The van der Waals surface area contributed by atoms with Gasteiger partial charge in [0.1, 0.15) is 5.75 Å². The van der Waals surface area contributed by atoms with Gasteiger partial charge < -0.3 is 20.7 Å². The van der Waals surface area contributed by atoms with E-state index in [1.54, 1.807) is 7.11 Å². The molecule has 0 saturated heterocycles. The van der Waals surface area contributed by atoms with E-state index in [0.717, 1.165) is 35.1 Å². The van der Waals surface area contributed by atoms with Crippen LogP contribution in [0.5, 0.6) is 5.75 Å². The van der Waals surface area contributed by atoms with Crippen molar-refractivity contribution in [2.24, 2.45) is 10.9 Å². The summed E-state index contributed by atoms with van der Waals surface area (Å²) in [7, 11) is 1.66. The number of nitrogens with one attached hydrogen (secondary N) is 3. The van der Waals surface area contributed by atoms with Crippen molar-refractivity contribution in [2.75, 3.05) is 19.0 Å². The van der Waals surface area contributed by atoms with E-state index in [4.69, 9.17) is 4.74 Å². The van der Waals surface area contributed by atoms with Gasteiger partial charge in [0.15, 0.2) is 5.96 Å². The van der Waals surface area contributed by atoms with Gasteiger partial charge in [0.05, 0.1) is 13.7 Å². The summed E-state index contributed by atoms with van der Waals surface area (Å²) in [5.41, 5.74) is 3.00. The lowest BCUT2D eigenvalue weighted by atomic mass is 10.1. The van der Waals surface area contributed by atoms with Gasteiger partial charge in [-0.2, -0.15) is 0 Å². The maximum absolute atomic E-state index is 11.8. The monoisotopic (exact) mass is 382 g/mol. The molecule has 28 heavy (non-hydrogen) atoms. The molecular formula is C22H30N4O2. The molecule has 1 amide bonds. The first-order valence-electron chi connectivity index (χ1n) is 9.56. The van der Waals surface area contributed by atoms with Gasteiger partial charge in [-0.05, 0) is 42.3 Å². The highest BCUT2D eigenvalue weighted by Crippen LogP contribution is 2.13. The van der Waals surface area contributed by atoms with Crippen LogP contribution < -0.4 is 20.7 Å². The van der Waals surface area contributed by atoms with E-state index in [1.165, 1.54) is 0 Å². The van der Waals surface area contributed by atoms with Crippen LogP contribution >= 0.6 is 0 Å². The summed E-state index contributed by atoms with van der Waals surface area (Å²) in [6.45, 7) is 7.77. The average Bonchev–Trinajstić information content (AvgIpc) is 2.71. The van der Waals surface area contributed by atoms with E-state index in [1.807, 2.05) is 69.3 Å². The van der Waals surface area contributed by atoms with Gasteiger partial charge in [0.2, 0.25) is 5.91 Å². The molecule has 2 rings (SSSR count). The SMILES string of the molecule is CCNC(=NCc1cccc(OC)c1)NCc1ccc(NC(=O)C(C)C)cc1. The van der Waals surface area contributed by atoms with Crippen molar-refractivity contribution in [1.82, 2.24) is 10.6 Å². The summed E-state index contributed by atoms with van der Waals surface area (Å²) >= 11 is 0. The number of aliphatic imine (C=N–C) groups is 1. The first-order valence-corrected chi connectivity index (χ1v) is 9.56. The molecule has 0 saturated carbocycles. The number of nitrogens with zero attached hydrogens (tertiary/aromatic N) is 1. The Labute approximate surface area is 167 Å². The van der Waals surface area contributed by atoms with Crippen molar-refractivity contribution in [2.45, 2.75) is 33.9 Å². The fourth-order valence-electron chi connectivity index (χ4n) is 2.46. The predicted molar refractivity (Wildman–Crippen MR) is 115 cm³/mol. The predicted octanol–water partition coefficient (Wildman–Crippen LogP) is 3.55. The van der Waals surface area contributed by atoms with Crippen LogP contribution in [0.15, 0.2) is 53.5 Å². The van der Waals surface area contributed by atoms with E-state index in [2.05, 4.69) is 20.9 Å². The quantitative estimate of drug-likeness (QED) is 0.482. The number of hydrogen-bond donors (Lipinski definition) is 3. The Morgan fingerprint density at radius 1 is 1.07 bits per heavy atom. The fourth-order valence-corrected chi connectivity index (χ4v) is 2.46. The summed E-state index contributed by atoms with van der Waals surface area (Å²) in [4.78, 5) is 16.4. The van der Waals surface area contributed by atoms with Gasteiger partial charge in [-0.25, -0.2) is 4.99 Å². The Kier molecular flexibility index (Phi) is 8.34. The molecule has 0 aliphatic rings. The molecule has 0 heterocycles. The van der Waals surface area contributed by atoms with E-state index in [-0.39, 0.29) is 11.8 Å². The number of guanidine groups is 1. The van der Waals surface area contributed by atoms with Crippen LogP contribution in [0.4, 0.5) is 5.69 Å². The zero-order valence-corrected chi connectivity index (χ0v) is 17.1. The number of hydrogen-bond acceptors (Lipinski definition) is 3. The van der Waals surface area contributed by atoms with E-state index < -0.39 is 0 Å². The smallest absolute Gasteiger partial charge is 0.226 e. The number of carbonyl (C=O) groups excluding carboxylic acids is 1. The molecule has 0 aliphatic heterocycles. The Morgan fingerprint density at radius 3 is 2.46 bits per heavy atom. The van der Waals surface area contributed by atoms with Gasteiger partial charge in [-0.15, -0.1) is 0 Å². The maximum atomic E-state index is 11.8. The largest absolute Gasteiger partial charge is 0.497 e. The van der Waals surface area contributed by atoms with Crippen LogP contribution in [0, 0.1) is 5.92 Å². The van der Waals surface area contributed by atoms with Crippen LogP contribution in [-0.2, 0) is 17.9 Å². The number of methoxy groups -OCH3 is 1. The van der Waals surface area contributed by atoms with Crippen molar-refractivity contribution in [3.8, 4) is 5.75 Å². The minimum atomic E-state index is -0.0372. The highest BCUT2D eigenvalue weighted by atomic mass is 16.5. The molecule has 0 aliphatic carbocycles. The van der Waals surface area contributed by atoms with Gasteiger partial charge in [-0.1, -0.05) is 38.1 Å². The van der Waals surface area contributed by atoms with Gasteiger partial charge in [0, 0.05) is 24.7 Å². The number of anilines is 1. The fraction of sp³-hybridized carbons (Fsp3) is 0.364. The Hall–Kier alpha value is -3.02. The number of amides is 1. The third-order valence-corrected chi connectivity index (χ3v) is 4.10. The highest BCUT2D eigenvalue weighted by molar-refractivity contribution is 5.92. The second-order valence-corrected chi connectivity index (χ2v) is 6.74. The van der Waals surface area contributed by atoms with Crippen LogP contribution in [-0.4, -0.2) is 25.5 Å². The number of rotatable bonds is 8. The molecular weight excluding hydrogens is 352 g/mol. The normalized spacial score (nSPS) is 11.2. The Bertz CT molecular complexity index is 785. The summed E-state index contributed by atoms with van der Waals surface area (Å²) in [6, 6.07) is 15.7. The third-order valence-electron chi connectivity index (χ3n) is 4.10. The van der Waals surface area contributed by atoms with Crippen LogP contribution in [0.1, 0.15) is 31.9 Å². The van der Waals surface area contributed by atoms with Crippen molar-refractivity contribution in [3.63, 3.8) is 0 Å². The van der Waals surface area contributed by atoms with Crippen LogP contribution in [0.25, 0.3) is 0 Å². The van der Waals surface area contributed by atoms with Crippen molar-refractivity contribution in [1.29, 1.82) is 0 Å². The van der Waals surface area contributed by atoms with Gasteiger partial charge >= 0.3 is 0 Å². The summed E-state index contributed by atoms with van der Waals surface area (Å²) in [6.07, 6.45) is 0. The molecule has 2 aromatic carbocycles. The summed E-state index contributed by atoms with van der Waals surface area (Å²) in [5, 5.41) is 9.48. The Balaban J connectivity index is 1.93. The molecule has 0 spiro atoms. The number of ether oxygens (including phenoxy) is 1. The van der Waals surface area contributed by atoms with Crippen molar-refractivity contribution in [3.05, 3.63) is 59.7 Å². The Morgan fingerprint density at radius 2 is 1.82 bits per heavy atom. The molecule has 0 atom stereocenters. The minimum Gasteiger partial charge on any atom is -0.497 e. The summed E-state index contributed by atoms with van der Waals surface area (Å²) in [5.74, 6) is 1.56. The molecule has 0 fully saturated rings. The first kappa shape index (κ1) is 21.3. The number of carbonyl (C=O) groups is 1. The van der Waals surface area contributed by atoms with E-state index in [9.17, 15) is 4.79 Å². The maximum Gasteiger partial charge on any atom is 0.226 e. The van der Waals surface area contributed by atoms with Gasteiger partial charge in [0.25, 0.3) is 0 Å². The standard InChI is InChI=1S/C22H30N4O2/c1-5-23-22(25-15-18-7-6-8-20(13-18)28-4)24-14-17-9-11-19(12-10-17)26-21(27)16(2)3/h6-13,16H,5,14-15H2,1-4H3,(H,26,27)(H2,23,24,25). The molecule has 0 bridgehead atoms. The number of benzene rings is 2. The molecule has 0 unspecified atom stereocenters. The second kappa shape index (κ2) is 11.0. The molecule has 3 N–H and O–H groups in total. The van der Waals surface area contributed by atoms with E-state index >= 15 is 0 Å². The lowest BCUT2D eigenvalue weighted by molar-refractivity contribution is -0.118. The molecule has 150 valence electrons. The van der Waals surface area contributed by atoms with Crippen molar-refractivity contribution < 1.29 is 9.53 Å². The second-order valence-electron chi connectivity index (χ2n) is 6.74. The zero-order chi connectivity index (χ0) is 20.4. The van der Waals surface area contributed by atoms with E-state index in [0.29, 0.717) is 13.1 Å². The summed E-state index contributed by atoms with van der Waals surface area (Å²) < 4.78 is 5.26. The lowest BCUT2D eigenvalue weighted by Crippen LogP contribution is -2.36. The van der Waals surface area contributed by atoms with Crippen LogP contribution in [0.2, 0.25) is 0 Å². The molecule has 0 radical (unpaired) electrons. The molecule has 2 aromatic rings. The van der Waals surface area contributed by atoms with Gasteiger partial charge in [-0.3, -0.25) is 4.79 Å². The molecule has 6 nitrogen and oxygen atoms in total. The zero-order valence-electron chi connectivity index (χ0n) is 17.1. The molecule has 6 heteroatoms. The average molecular weight is 383 g/mol. The molecule has 0 aromatic heterocycles. The minimum absolute atomic E-state index is 0.0185. The highest BCUT2D eigenvalue weighted by Gasteiger charge is 2.07. The first-order chi connectivity index (χ1) is 13.5. The lowest BCUT2D eigenvalue weighted by Gasteiger charge is -2.12. The third kappa shape index (κ3) is 6.95. The van der Waals surface area contributed by atoms with Crippen LogP contribution in [0.3, 0.4) is 0 Å². The topological polar surface area (TPSA) is 74.8 Å². The van der Waals surface area contributed by atoms with Crippen molar-refractivity contribution >= 4 is 17.6 Å².